The van der Waals surface area contributed by atoms with E-state index in [4.69, 9.17) is 5.73 Å². The van der Waals surface area contributed by atoms with Crippen molar-refractivity contribution in [2.24, 2.45) is 10.7 Å². The Morgan fingerprint density at radius 1 is 1.07 bits per heavy atom. The molecule has 0 atom stereocenters. The highest BCUT2D eigenvalue weighted by Crippen LogP contribution is 2.20. The number of hydrogen-bond acceptors (Lipinski definition) is 3. The van der Waals surface area contributed by atoms with E-state index in [1.165, 1.54) is 18.2 Å². The molecule has 0 saturated heterocycles. The Bertz CT molecular complexity index is 760. The van der Waals surface area contributed by atoms with Crippen LogP contribution in [0.2, 0.25) is 0 Å². The van der Waals surface area contributed by atoms with Crippen molar-refractivity contribution in [2.45, 2.75) is 33.9 Å². The molecule has 0 heterocycles. The van der Waals surface area contributed by atoms with Crippen molar-refractivity contribution in [2.75, 3.05) is 5.32 Å². The number of hydrogen-bond donors (Lipinski definition) is 2. The van der Waals surface area contributed by atoms with Crippen LogP contribution < -0.4 is 11.1 Å². The number of nitrogens with zero attached hydrogens (tertiary/aromatic N) is 1. The topological polar surface area (TPSA) is 50.4 Å². The van der Waals surface area contributed by atoms with Crippen LogP contribution in [0, 0.1) is 11.6 Å². The summed E-state index contributed by atoms with van der Waals surface area (Å²) in [5.74, 6) is -1.26. The first-order valence-electron chi connectivity index (χ1n) is 8.43. The lowest BCUT2D eigenvalue weighted by Crippen LogP contribution is -2.05. The molecule has 0 aliphatic rings. The van der Waals surface area contributed by atoms with Gasteiger partial charge in [0, 0.05) is 35.3 Å². The zero-order valence-electron chi connectivity index (χ0n) is 15.4. The first kappa shape index (κ1) is 22.2. The highest BCUT2D eigenvalue weighted by Gasteiger charge is 2.08. The molecular formula is C20H23F4N3. The van der Waals surface area contributed by atoms with Crippen molar-refractivity contribution in [3.63, 3.8) is 0 Å². The fraction of sp³-hybridized carbons (Fsp3) is 0.250. The molecule has 0 fully saturated rings. The summed E-state index contributed by atoms with van der Waals surface area (Å²) >= 11 is 0. The number of nitrogens with two attached hydrogens (primary N) is 1. The number of alkyl halides is 2. The molecule has 27 heavy (non-hydrogen) atoms. The molecule has 0 amide bonds. The molecule has 0 bridgehead atoms. The zero-order valence-corrected chi connectivity index (χ0v) is 15.4. The SMILES string of the molecule is C/C(N)=C(/C=N/C(F)F)c1ccc(NCc2c(F)cccc2F)cc1.CC. The molecule has 0 unspecified atom stereocenters. The summed E-state index contributed by atoms with van der Waals surface area (Å²) < 4.78 is 51.6. The Morgan fingerprint density at radius 3 is 2.11 bits per heavy atom. The maximum absolute atomic E-state index is 13.6. The molecule has 0 saturated carbocycles. The summed E-state index contributed by atoms with van der Waals surface area (Å²) in [6.45, 7) is 2.74. The van der Waals surface area contributed by atoms with Crippen LogP contribution in [0.3, 0.4) is 0 Å². The second kappa shape index (κ2) is 11.0. The van der Waals surface area contributed by atoms with E-state index in [-0.39, 0.29) is 12.1 Å². The lowest BCUT2D eigenvalue weighted by Gasteiger charge is -2.10. The minimum absolute atomic E-state index is 0.0245. The minimum Gasteiger partial charge on any atom is -0.402 e. The van der Waals surface area contributed by atoms with Gasteiger partial charge in [-0.15, -0.1) is 0 Å². The Balaban J connectivity index is 0.00000176. The van der Waals surface area contributed by atoms with E-state index in [9.17, 15) is 17.6 Å². The molecule has 3 nitrogen and oxygen atoms in total. The Kier molecular flexibility index (Phi) is 9.05. The van der Waals surface area contributed by atoms with Gasteiger partial charge in [-0.1, -0.05) is 32.0 Å². The van der Waals surface area contributed by atoms with Gasteiger partial charge in [-0.3, -0.25) is 0 Å². The van der Waals surface area contributed by atoms with Gasteiger partial charge in [-0.25, -0.2) is 13.8 Å². The smallest absolute Gasteiger partial charge is 0.331 e. The molecule has 0 spiro atoms. The Morgan fingerprint density at radius 2 is 1.63 bits per heavy atom. The van der Waals surface area contributed by atoms with Gasteiger partial charge in [0.05, 0.1) is 0 Å². The first-order valence-corrected chi connectivity index (χ1v) is 8.43. The molecule has 7 heteroatoms. The average molecular weight is 381 g/mol. The van der Waals surface area contributed by atoms with Crippen LogP contribution >= 0.6 is 0 Å². The van der Waals surface area contributed by atoms with Crippen LogP contribution in [0.4, 0.5) is 23.2 Å². The molecular weight excluding hydrogens is 358 g/mol. The van der Waals surface area contributed by atoms with E-state index in [2.05, 4.69) is 10.3 Å². The Labute approximate surface area is 156 Å². The third kappa shape index (κ3) is 6.77. The third-order valence-corrected chi connectivity index (χ3v) is 3.47. The number of aliphatic imine (C=N–C) groups is 1. The predicted molar refractivity (Wildman–Crippen MR) is 103 cm³/mol. The zero-order chi connectivity index (χ0) is 20.4. The van der Waals surface area contributed by atoms with Gasteiger partial charge in [-0.2, -0.15) is 8.78 Å². The molecule has 3 N–H and O–H groups in total. The summed E-state index contributed by atoms with van der Waals surface area (Å²) in [5.41, 5.74) is 7.59. The number of halogens is 4. The second-order valence-corrected chi connectivity index (χ2v) is 5.28. The van der Waals surface area contributed by atoms with Gasteiger partial charge in [0.1, 0.15) is 11.6 Å². The van der Waals surface area contributed by atoms with Crippen LogP contribution in [0.5, 0.6) is 0 Å². The fourth-order valence-corrected chi connectivity index (χ4v) is 2.19. The Hall–Kier alpha value is -2.83. The standard InChI is InChI=1S/C18H17F4N3.C2H6/c1-11(23)14(9-25-18(21)22)12-5-7-13(8-6-12)24-10-15-16(19)3-2-4-17(15)20;1-2/h2-9,18,24H,10,23H2,1H3;1-2H3/b14-11+,25-9+;. The third-order valence-electron chi connectivity index (χ3n) is 3.47. The van der Waals surface area contributed by atoms with E-state index >= 15 is 0 Å². The number of rotatable bonds is 6. The van der Waals surface area contributed by atoms with Crippen molar-refractivity contribution in [1.29, 1.82) is 0 Å². The molecule has 0 aromatic heterocycles. The van der Waals surface area contributed by atoms with Crippen LogP contribution in [-0.2, 0) is 6.54 Å². The molecule has 2 aromatic carbocycles. The number of allylic oxidation sites excluding steroid dienone is 2. The summed E-state index contributed by atoms with van der Waals surface area (Å²) in [6, 6.07) is 10.3. The van der Waals surface area contributed by atoms with Gasteiger partial charge < -0.3 is 11.1 Å². The van der Waals surface area contributed by atoms with Gasteiger partial charge in [0.2, 0.25) is 0 Å². The fourth-order valence-electron chi connectivity index (χ4n) is 2.19. The minimum atomic E-state index is -2.81. The quantitative estimate of drug-likeness (QED) is 0.389. The van der Waals surface area contributed by atoms with E-state index in [0.717, 1.165) is 6.21 Å². The largest absolute Gasteiger partial charge is 0.402 e. The highest BCUT2D eigenvalue weighted by molar-refractivity contribution is 6.10. The lowest BCUT2D eigenvalue weighted by atomic mass is 10.0. The van der Waals surface area contributed by atoms with E-state index in [1.807, 2.05) is 13.8 Å². The summed E-state index contributed by atoms with van der Waals surface area (Å²) in [4.78, 5) is 3.05. The highest BCUT2D eigenvalue weighted by atomic mass is 19.3. The van der Waals surface area contributed by atoms with Crippen LogP contribution in [0.1, 0.15) is 31.9 Å². The molecule has 2 rings (SSSR count). The molecule has 146 valence electrons. The second-order valence-electron chi connectivity index (χ2n) is 5.28. The number of nitrogens with one attached hydrogen (secondary N) is 1. The number of benzene rings is 2. The van der Waals surface area contributed by atoms with Crippen molar-refractivity contribution >= 4 is 17.5 Å². The van der Waals surface area contributed by atoms with Crippen molar-refractivity contribution in [1.82, 2.24) is 0 Å². The van der Waals surface area contributed by atoms with Gasteiger partial charge in [-0.05, 0) is 36.8 Å². The summed E-state index contributed by atoms with van der Waals surface area (Å²) in [5, 5.41) is 2.91. The van der Waals surface area contributed by atoms with Gasteiger partial charge >= 0.3 is 6.55 Å². The van der Waals surface area contributed by atoms with Crippen molar-refractivity contribution < 1.29 is 17.6 Å². The normalized spacial score (nSPS) is 11.9. The van der Waals surface area contributed by atoms with E-state index in [1.54, 1.807) is 31.2 Å². The first-order chi connectivity index (χ1) is 12.9. The molecule has 0 aliphatic carbocycles. The summed E-state index contributed by atoms with van der Waals surface area (Å²) in [6.07, 6.45) is 1.02. The maximum atomic E-state index is 13.6. The van der Waals surface area contributed by atoms with Crippen LogP contribution in [0.15, 0.2) is 53.2 Å². The predicted octanol–water partition coefficient (Wildman–Crippen LogP) is 5.59. The van der Waals surface area contributed by atoms with Crippen LogP contribution in [-0.4, -0.2) is 12.8 Å². The van der Waals surface area contributed by atoms with Crippen LogP contribution in [0.25, 0.3) is 5.57 Å². The van der Waals surface area contributed by atoms with Gasteiger partial charge in [0.25, 0.3) is 0 Å². The average Bonchev–Trinajstić information content (AvgIpc) is 2.64. The van der Waals surface area contributed by atoms with E-state index in [0.29, 0.717) is 22.5 Å². The molecule has 0 radical (unpaired) electrons. The monoisotopic (exact) mass is 381 g/mol. The van der Waals surface area contributed by atoms with Crippen molar-refractivity contribution in [3.8, 4) is 0 Å². The molecule has 2 aromatic rings. The van der Waals surface area contributed by atoms with Crippen molar-refractivity contribution in [3.05, 3.63) is 70.9 Å². The maximum Gasteiger partial charge on any atom is 0.331 e. The van der Waals surface area contributed by atoms with Gasteiger partial charge in [0.15, 0.2) is 0 Å². The lowest BCUT2D eigenvalue weighted by molar-refractivity contribution is 0.161. The summed E-state index contributed by atoms with van der Waals surface area (Å²) in [7, 11) is 0. The van der Waals surface area contributed by atoms with E-state index < -0.39 is 18.2 Å². The number of anilines is 1. The molecule has 0 aliphatic heterocycles.